The quantitative estimate of drug-likeness (QED) is 0.255. The van der Waals surface area contributed by atoms with E-state index >= 15 is 0 Å². The molecule has 0 radical (unpaired) electrons. The standard InChI is InChI=1S/C16H30Br2O2/c1-2-3-4-10-13-16(17,18)14-11-8-6-5-7-9-12-15(19)20/h2-14H2,1H3,(H,19,20). The number of carboxylic acids is 1. The highest BCUT2D eigenvalue weighted by atomic mass is 79.9. The molecule has 1 N–H and O–H groups in total. The Hall–Kier alpha value is 0.430. The van der Waals surface area contributed by atoms with Gasteiger partial charge in [0.25, 0.3) is 0 Å². The Morgan fingerprint density at radius 1 is 0.850 bits per heavy atom. The monoisotopic (exact) mass is 412 g/mol. The van der Waals surface area contributed by atoms with E-state index in [2.05, 4.69) is 38.8 Å². The van der Waals surface area contributed by atoms with Crippen LogP contribution < -0.4 is 0 Å². The van der Waals surface area contributed by atoms with E-state index in [1.807, 2.05) is 0 Å². The molecule has 0 heterocycles. The first-order chi connectivity index (χ1) is 9.48. The predicted molar refractivity (Wildman–Crippen MR) is 93.9 cm³/mol. The minimum absolute atomic E-state index is 0.136. The molecule has 0 aliphatic carbocycles. The maximum absolute atomic E-state index is 10.4. The van der Waals surface area contributed by atoms with Crippen molar-refractivity contribution in [1.29, 1.82) is 0 Å². The molecule has 0 atom stereocenters. The minimum Gasteiger partial charge on any atom is -0.481 e. The summed E-state index contributed by atoms with van der Waals surface area (Å²) in [4.78, 5) is 10.4. The number of halogens is 2. The predicted octanol–water partition coefficient (Wildman–Crippen LogP) is 6.65. The average Bonchev–Trinajstić information content (AvgIpc) is 2.37. The van der Waals surface area contributed by atoms with Gasteiger partial charge in [0.2, 0.25) is 0 Å². The van der Waals surface area contributed by atoms with Crippen molar-refractivity contribution in [1.82, 2.24) is 0 Å². The molecule has 0 aromatic heterocycles. The summed E-state index contributed by atoms with van der Waals surface area (Å²) in [6.45, 7) is 2.24. The van der Waals surface area contributed by atoms with E-state index in [-0.39, 0.29) is 3.23 Å². The van der Waals surface area contributed by atoms with Gasteiger partial charge in [-0.15, -0.1) is 0 Å². The molecule has 0 amide bonds. The minimum atomic E-state index is -0.670. The summed E-state index contributed by atoms with van der Waals surface area (Å²) in [5.41, 5.74) is 0. The number of carbonyl (C=O) groups is 1. The van der Waals surface area contributed by atoms with Crippen molar-refractivity contribution < 1.29 is 9.90 Å². The Bertz CT molecular complexity index is 243. The van der Waals surface area contributed by atoms with E-state index < -0.39 is 5.97 Å². The summed E-state index contributed by atoms with van der Waals surface area (Å²) in [7, 11) is 0. The van der Waals surface area contributed by atoms with E-state index in [1.165, 1.54) is 64.2 Å². The number of rotatable bonds is 14. The van der Waals surface area contributed by atoms with Crippen LogP contribution in [0.5, 0.6) is 0 Å². The highest BCUT2D eigenvalue weighted by Gasteiger charge is 2.20. The van der Waals surface area contributed by atoms with Gasteiger partial charge in [-0.05, 0) is 19.3 Å². The van der Waals surface area contributed by atoms with Gasteiger partial charge in [0.15, 0.2) is 0 Å². The van der Waals surface area contributed by atoms with Crippen LogP contribution in [0.15, 0.2) is 0 Å². The lowest BCUT2D eigenvalue weighted by Gasteiger charge is -2.20. The SMILES string of the molecule is CCCCCCC(Br)(Br)CCCCCCCCC(=O)O. The van der Waals surface area contributed by atoms with Crippen molar-refractivity contribution in [3.63, 3.8) is 0 Å². The van der Waals surface area contributed by atoms with Crippen molar-refractivity contribution in [3.8, 4) is 0 Å². The molecule has 0 aliphatic heterocycles. The first-order valence-electron chi connectivity index (χ1n) is 8.07. The van der Waals surface area contributed by atoms with Crippen molar-refractivity contribution in [2.24, 2.45) is 0 Å². The number of hydrogen-bond donors (Lipinski definition) is 1. The molecule has 4 heteroatoms. The van der Waals surface area contributed by atoms with Crippen LogP contribution in [0.25, 0.3) is 0 Å². The Morgan fingerprint density at radius 3 is 1.80 bits per heavy atom. The molecular weight excluding hydrogens is 384 g/mol. The number of unbranched alkanes of at least 4 members (excludes halogenated alkanes) is 8. The van der Waals surface area contributed by atoms with Gasteiger partial charge in [0.05, 0.1) is 3.23 Å². The molecule has 120 valence electrons. The number of aliphatic carboxylic acids is 1. The van der Waals surface area contributed by atoms with Gasteiger partial charge in [-0.2, -0.15) is 0 Å². The molecule has 0 rings (SSSR count). The molecule has 0 saturated carbocycles. The number of hydrogen-bond acceptors (Lipinski definition) is 1. The van der Waals surface area contributed by atoms with Crippen molar-refractivity contribution in [2.45, 2.75) is 93.6 Å². The molecule has 0 bridgehead atoms. The first-order valence-corrected chi connectivity index (χ1v) is 9.66. The fourth-order valence-electron chi connectivity index (χ4n) is 2.30. The lowest BCUT2D eigenvalue weighted by atomic mass is 10.0. The zero-order chi connectivity index (χ0) is 15.3. The topological polar surface area (TPSA) is 37.3 Å². The molecule has 0 unspecified atom stereocenters. The Labute approximate surface area is 141 Å². The van der Waals surface area contributed by atoms with Gasteiger partial charge in [-0.1, -0.05) is 96.6 Å². The summed E-state index contributed by atoms with van der Waals surface area (Å²) < 4.78 is 0.136. The summed E-state index contributed by atoms with van der Waals surface area (Å²) in [5.74, 6) is -0.670. The highest BCUT2D eigenvalue weighted by Crippen LogP contribution is 2.37. The summed E-state index contributed by atoms with van der Waals surface area (Å²) in [5, 5.41) is 8.54. The molecule has 0 aromatic carbocycles. The number of carboxylic acid groups (broad SMARTS) is 1. The molecule has 0 aliphatic rings. The van der Waals surface area contributed by atoms with E-state index in [0.717, 1.165) is 12.8 Å². The van der Waals surface area contributed by atoms with Crippen LogP contribution in [-0.4, -0.2) is 14.3 Å². The van der Waals surface area contributed by atoms with Gasteiger partial charge in [-0.3, -0.25) is 4.79 Å². The second-order valence-electron chi connectivity index (χ2n) is 5.68. The summed E-state index contributed by atoms with van der Waals surface area (Å²) in [6.07, 6.45) is 14.7. The molecule has 0 fully saturated rings. The Kier molecular flexibility index (Phi) is 13.4. The van der Waals surface area contributed by atoms with Crippen LogP contribution in [0.2, 0.25) is 0 Å². The Morgan fingerprint density at radius 2 is 1.30 bits per heavy atom. The van der Waals surface area contributed by atoms with E-state index in [0.29, 0.717) is 6.42 Å². The fourth-order valence-corrected chi connectivity index (χ4v) is 3.42. The molecule has 0 spiro atoms. The number of alkyl halides is 2. The molecule has 20 heavy (non-hydrogen) atoms. The first kappa shape index (κ1) is 20.4. The van der Waals surface area contributed by atoms with Crippen molar-refractivity contribution in [2.75, 3.05) is 0 Å². The van der Waals surface area contributed by atoms with E-state index in [1.54, 1.807) is 0 Å². The zero-order valence-electron chi connectivity index (χ0n) is 12.8. The third kappa shape index (κ3) is 14.8. The third-order valence-electron chi connectivity index (χ3n) is 3.58. The van der Waals surface area contributed by atoms with Gasteiger partial charge in [0.1, 0.15) is 0 Å². The van der Waals surface area contributed by atoms with Crippen LogP contribution in [-0.2, 0) is 4.79 Å². The van der Waals surface area contributed by atoms with Crippen LogP contribution in [0.4, 0.5) is 0 Å². The van der Waals surface area contributed by atoms with Gasteiger partial charge in [0, 0.05) is 6.42 Å². The van der Waals surface area contributed by atoms with Gasteiger partial charge < -0.3 is 5.11 Å². The van der Waals surface area contributed by atoms with Crippen LogP contribution >= 0.6 is 31.9 Å². The average molecular weight is 414 g/mol. The lowest BCUT2D eigenvalue weighted by molar-refractivity contribution is -0.137. The maximum atomic E-state index is 10.4. The lowest BCUT2D eigenvalue weighted by Crippen LogP contribution is -2.10. The van der Waals surface area contributed by atoms with Crippen molar-refractivity contribution >= 4 is 37.8 Å². The molecule has 0 saturated heterocycles. The van der Waals surface area contributed by atoms with Crippen LogP contribution in [0.3, 0.4) is 0 Å². The van der Waals surface area contributed by atoms with Gasteiger partial charge >= 0.3 is 5.97 Å². The normalized spacial score (nSPS) is 11.8. The highest BCUT2D eigenvalue weighted by molar-refractivity contribution is 9.25. The summed E-state index contributed by atoms with van der Waals surface area (Å²) in [6, 6.07) is 0. The second-order valence-corrected chi connectivity index (χ2v) is 9.78. The third-order valence-corrected chi connectivity index (χ3v) is 5.17. The molecule has 2 nitrogen and oxygen atoms in total. The molecule has 0 aromatic rings. The van der Waals surface area contributed by atoms with E-state index in [9.17, 15) is 4.79 Å². The largest absolute Gasteiger partial charge is 0.481 e. The summed E-state index contributed by atoms with van der Waals surface area (Å²) >= 11 is 7.59. The van der Waals surface area contributed by atoms with Crippen LogP contribution in [0, 0.1) is 0 Å². The second kappa shape index (κ2) is 13.1. The van der Waals surface area contributed by atoms with Crippen LogP contribution in [0.1, 0.15) is 90.4 Å². The fraction of sp³-hybridized carbons (Fsp3) is 0.938. The maximum Gasteiger partial charge on any atom is 0.303 e. The van der Waals surface area contributed by atoms with Crippen molar-refractivity contribution in [3.05, 3.63) is 0 Å². The zero-order valence-corrected chi connectivity index (χ0v) is 16.0. The Balaban J connectivity index is 3.36. The smallest absolute Gasteiger partial charge is 0.303 e. The van der Waals surface area contributed by atoms with E-state index in [4.69, 9.17) is 5.11 Å². The molecular formula is C16H30Br2O2. The van der Waals surface area contributed by atoms with Gasteiger partial charge in [-0.25, -0.2) is 0 Å².